The van der Waals surface area contributed by atoms with Crippen LogP contribution in [-0.2, 0) is 16.1 Å². The highest BCUT2D eigenvalue weighted by molar-refractivity contribution is 5.72. The molecule has 1 atom stereocenters. The standard InChI is InChI=1S/C20H26N2O3/c1-4-24-20(23)17-9-6-10-22(12-17)13-18-15(3)25-19(21-18)16-8-5-7-14(2)11-16/h5,7-8,11,17H,4,6,9-10,12-13H2,1-3H3/t17-/m1/s1. The number of aromatic nitrogens is 1. The second kappa shape index (κ2) is 7.83. The van der Waals surface area contributed by atoms with Crippen LogP contribution in [0.1, 0.15) is 36.8 Å². The Morgan fingerprint density at radius 3 is 3.00 bits per heavy atom. The van der Waals surface area contributed by atoms with Crippen LogP contribution in [0, 0.1) is 19.8 Å². The average Bonchev–Trinajstić information content (AvgIpc) is 2.96. The number of rotatable bonds is 5. The Morgan fingerprint density at radius 1 is 1.40 bits per heavy atom. The van der Waals surface area contributed by atoms with E-state index < -0.39 is 0 Å². The molecule has 0 radical (unpaired) electrons. The van der Waals surface area contributed by atoms with E-state index in [1.807, 2.05) is 26.0 Å². The molecule has 5 heteroatoms. The Balaban J connectivity index is 1.70. The lowest BCUT2D eigenvalue weighted by Crippen LogP contribution is -2.39. The topological polar surface area (TPSA) is 55.6 Å². The molecule has 0 amide bonds. The van der Waals surface area contributed by atoms with Crippen LogP contribution < -0.4 is 0 Å². The first-order valence-electron chi connectivity index (χ1n) is 8.99. The molecule has 3 rings (SSSR count). The Morgan fingerprint density at radius 2 is 2.24 bits per heavy atom. The minimum atomic E-state index is -0.0791. The van der Waals surface area contributed by atoms with Crippen LogP contribution in [0.15, 0.2) is 28.7 Å². The van der Waals surface area contributed by atoms with Crippen molar-refractivity contribution in [3.8, 4) is 11.5 Å². The van der Waals surface area contributed by atoms with Crippen molar-refractivity contribution in [3.05, 3.63) is 41.3 Å². The number of hydrogen-bond acceptors (Lipinski definition) is 5. The summed E-state index contributed by atoms with van der Waals surface area (Å²) < 4.78 is 11.1. The number of likely N-dealkylation sites (tertiary alicyclic amines) is 1. The zero-order valence-electron chi connectivity index (χ0n) is 15.2. The quantitative estimate of drug-likeness (QED) is 0.775. The summed E-state index contributed by atoms with van der Waals surface area (Å²) in [4.78, 5) is 19.0. The molecule has 0 aliphatic carbocycles. The van der Waals surface area contributed by atoms with E-state index in [9.17, 15) is 4.79 Å². The normalized spacial score (nSPS) is 18.3. The summed E-state index contributed by atoms with van der Waals surface area (Å²) in [7, 11) is 0. The van der Waals surface area contributed by atoms with Gasteiger partial charge in [0.15, 0.2) is 0 Å². The highest BCUT2D eigenvalue weighted by atomic mass is 16.5. The number of piperidine rings is 1. The number of ether oxygens (including phenoxy) is 1. The summed E-state index contributed by atoms with van der Waals surface area (Å²) in [6.45, 7) is 8.71. The van der Waals surface area contributed by atoms with Crippen molar-refractivity contribution in [2.24, 2.45) is 5.92 Å². The van der Waals surface area contributed by atoms with Gasteiger partial charge in [-0.2, -0.15) is 0 Å². The molecule has 5 nitrogen and oxygen atoms in total. The van der Waals surface area contributed by atoms with Gasteiger partial charge in [-0.05, 0) is 52.3 Å². The van der Waals surface area contributed by atoms with Gasteiger partial charge in [0.2, 0.25) is 5.89 Å². The van der Waals surface area contributed by atoms with Gasteiger partial charge in [0, 0.05) is 18.7 Å². The molecule has 1 fully saturated rings. The van der Waals surface area contributed by atoms with Crippen molar-refractivity contribution in [3.63, 3.8) is 0 Å². The molecule has 25 heavy (non-hydrogen) atoms. The third-order valence-electron chi connectivity index (χ3n) is 4.66. The van der Waals surface area contributed by atoms with Crippen LogP contribution in [0.2, 0.25) is 0 Å². The van der Waals surface area contributed by atoms with E-state index in [0.29, 0.717) is 19.0 Å². The molecular formula is C20H26N2O3. The van der Waals surface area contributed by atoms with Gasteiger partial charge in [0.1, 0.15) is 5.76 Å². The summed E-state index contributed by atoms with van der Waals surface area (Å²) >= 11 is 0. The first-order valence-corrected chi connectivity index (χ1v) is 8.99. The van der Waals surface area contributed by atoms with Gasteiger partial charge in [-0.15, -0.1) is 0 Å². The van der Waals surface area contributed by atoms with E-state index in [4.69, 9.17) is 14.1 Å². The van der Waals surface area contributed by atoms with E-state index in [1.165, 1.54) is 5.56 Å². The fraction of sp³-hybridized carbons (Fsp3) is 0.500. The predicted octanol–water partition coefficient (Wildman–Crippen LogP) is 3.73. The molecule has 1 aliphatic rings. The number of aryl methyl sites for hydroxylation is 2. The number of oxazole rings is 1. The van der Waals surface area contributed by atoms with Gasteiger partial charge < -0.3 is 9.15 Å². The van der Waals surface area contributed by atoms with Crippen molar-refractivity contribution in [1.29, 1.82) is 0 Å². The second-order valence-electron chi connectivity index (χ2n) is 6.72. The predicted molar refractivity (Wildman–Crippen MR) is 96.0 cm³/mol. The van der Waals surface area contributed by atoms with Crippen molar-refractivity contribution in [1.82, 2.24) is 9.88 Å². The lowest BCUT2D eigenvalue weighted by molar-refractivity contribution is -0.150. The number of nitrogens with zero attached hydrogens (tertiary/aromatic N) is 2. The van der Waals surface area contributed by atoms with E-state index in [0.717, 1.165) is 42.9 Å². The van der Waals surface area contributed by atoms with Crippen molar-refractivity contribution < 1.29 is 13.9 Å². The number of benzene rings is 1. The molecule has 2 heterocycles. The smallest absolute Gasteiger partial charge is 0.310 e. The molecule has 1 aromatic carbocycles. The van der Waals surface area contributed by atoms with Crippen LogP contribution in [0.25, 0.3) is 11.5 Å². The van der Waals surface area contributed by atoms with Crippen molar-refractivity contribution in [2.75, 3.05) is 19.7 Å². The van der Waals surface area contributed by atoms with Gasteiger partial charge >= 0.3 is 5.97 Å². The average molecular weight is 342 g/mol. The van der Waals surface area contributed by atoms with Crippen LogP contribution in [-0.4, -0.2) is 35.5 Å². The second-order valence-corrected chi connectivity index (χ2v) is 6.72. The fourth-order valence-corrected chi connectivity index (χ4v) is 3.34. The highest BCUT2D eigenvalue weighted by Gasteiger charge is 2.27. The maximum absolute atomic E-state index is 12.0. The first kappa shape index (κ1) is 17.7. The minimum absolute atomic E-state index is 0.0304. The van der Waals surface area contributed by atoms with Gasteiger partial charge in [-0.25, -0.2) is 4.98 Å². The lowest BCUT2D eigenvalue weighted by Gasteiger charge is -2.30. The van der Waals surface area contributed by atoms with E-state index in [-0.39, 0.29) is 11.9 Å². The number of carbonyl (C=O) groups excluding carboxylic acids is 1. The number of carbonyl (C=O) groups is 1. The summed E-state index contributed by atoms with van der Waals surface area (Å²) in [6, 6.07) is 8.16. The molecule has 0 N–H and O–H groups in total. The summed E-state index contributed by atoms with van der Waals surface area (Å²) in [6.07, 6.45) is 1.91. The Hall–Kier alpha value is -2.14. The van der Waals surface area contributed by atoms with Gasteiger partial charge in [-0.1, -0.05) is 17.7 Å². The highest BCUT2D eigenvalue weighted by Crippen LogP contribution is 2.25. The Kier molecular flexibility index (Phi) is 5.53. The largest absolute Gasteiger partial charge is 0.466 e. The molecule has 134 valence electrons. The molecule has 0 spiro atoms. The first-order chi connectivity index (χ1) is 12.1. The molecular weight excluding hydrogens is 316 g/mol. The molecule has 0 unspecified atom stereocenters. The van der Waals surface area contributed by atoms with Crippen LogP contribution >= 0.6 is 0 Å². The van der Waals surface area contributed by atoms with Gasteiger partial charge in [0.25, 0.3) is 0 Å². The third kappa shape index (κ3) is 4.28. The Labute approximate surface area is 149 Å². The molecule has 1 saturated heterocycles. The number of esters is 1. The zero-order valence-corrected chi connectivity index (χ0v) is 15.2. The van der Waals surface area contributed by atoms with Crippen molar-refractivity contribution >= 4 is 5.97 Å². The summed E-state index contributed by atoms with van der Waals surface area (Å²) in [5, 5.41) is 0. The molecule has 0 bridgehead atoms. The SMILES string of the molecule is CCOC(=O)[C@@H]1CCCN(Cc2nc(-c3cccc(C)c3)oc2C)C1. The fourth-order valence-electron chi connectivity index (χ4n) is 3.34. The molecule has 0 saturated carbocycles. The van der Waals surface area contributed by atoms with E-state index in [1.54, 1.807) is 0 Å². The minimum Gasteiger partial charge on any atom is -0.466 e. The Bertz CT molecular complexity index is 738. The molecule has 2 aromatic rings. The molecule has 1 aliphatic heterocycles. The van der Waals surface area contributed by atoms with Crippen LogP contribution in [0.5, 0.6) is 0 Å². The third-order valence-corrected chi connectivity index (χ3v) is 4.66. The molecule has 1 aromatic heterocycles. The van der Waals surface area contributed by atoms with Gasteiger partial charge in [0.05, 0.1) is 18.2 Å². The lowest BCUT2D eigenvalue weighted by atomic mass is 9.98. The van der Waals surface area contributed by atoms with E-state index >= 15 is 0 Å². The number of hydrogen-bond donors (Lipinski definition) is 0. The zero-order chi connectivity index (χ0) is 17.8. The van der Waals surface area contributed by atoms with Gasteiger partial charge in [-0.3, -0.25) is 9.69 Å². The summed E-state index contributed by atoms with van der Waals surface area (Å²) in [5.74, 6) is 1.39. The van der Waals surface area contributed by atoms with Crippen LogP contribution in [0.4, 0.5) is 0 Å². The summed E-state index contributed by atoms with van der Waals surface area (Å²) in [5.41, 5.74) is 3.13. The van der Waals surface area contributed by atoms with E-state index in [2.05, 4.69) is 24.0 Å². The van der Waals surface area contributed by atoms with Crippen LogP contribution in [0.3, 0.4) is 0 Å². The van der Waals surface area contributed by atoms with Crippen molar-refractivity contribution in [2.45, 2.75) is 40.2 Å². The maximum atomic E-state index is 12.0. The maximum Gasteiger partial charge on any atom is 0.310 e. The monoisotopic (exact) mass is 342 g/mol.